The molecule has 0 radical (unpaired) electrons. The van der Waals surface area contributed by atoms with Crippen molar-refractivity contribution >= 4 is 22.7 Å². The summed E-state index contributed by atoms with van der Waals surface area (Å²) in [6.45, 7) is -2.45. The Morgan fingerprint density at radius 2 is 1.03 bits per heavy atom. The van der Waals surface area contributed by atoms with Crippen LogP contribution in [0.3, 0.4) is 0 Å². The van der Waals surface area contributed by atoms with Crippen LogP contribution in [0.25, 0.3) is 0 Å². The second-order valence-corrected chi connectivity index (χ2v) is 4.95. The minimum atomic E-state index is -4.57. The molecular weight excluding hydrogens is 432 g/mol. The summed E-state index contributed by atoms with van der Waals surface area (Å²) in [6.07, 6.45) is 0. The lowest BCUT2D eigenvalue weighted by Gasteiger charge is -2.15. The third kappa shape index (κ3) is 3.75. The molecule has 0 spiro atoms. The van der Waals surface area contributed by atoms with E-state index in [-0.39, 0.29) is 12.1 Å². The van der Waals surface area contributed by atoms with Crippen molar-refractivity contribution in [3.63, 3.8) is 0 Å². The van der Waals surface area contributed by atoms with Crippen LogP contribution in [-0.4, -0.2) is 46.9 Å². The van der Waals surface area contributed by atoms with Gasteiger partial charge in [0.25, 0.3) is 11.4 Å². The number of nitro groups is 7. The summed E-state index contributed by atoms with van der Waals surface area (Å²) in [5.74, 6) is -4.57. The minimum Gasteiger partial charge on any atom is -0.258 e. The first-order valence-electron chi connectivity index (χ1n) is 6.65. The highest BCUT2D eigenvalue weighted by Crippen LogP contribution is 2.41. The fraction of sp³-hybridized carbons (Fsp3) is 0.250. The average molecular weight is 436 g/mol. The van der Waals surface area contributed by atoms with Gasteiger partial charge in [-0.05, 0) is 0 Å². The predicted octanol–water partition coefficient (Wildman–Crippen LogP) is -0.107. The van der Waals surface area contributed by atoms with Gasteiger partial charge in [-0.3, -0.25) is 60.7 Å². The number of rotatable bonds is 10. The van der Waals surface area contributed by atoms with Crippen LogP contribution in [0.15, 0.2) is 12.1 Å². The first-order valence-corrected chi connectivity index (χ1v) is 6.65. The summed E-state index contributed by atoms with van der Waals surface area (Å²) in [5, 5.41) is 74.6. The van der Waals surface area contributed by atoms with Crippen LogP contribution in [0.1, 0.15) is 0 Å². The van der Waals surface area contributed by atoms with E-state index >= 15 is 0 Å². The van der Waals surface area contributed by atoms with Crippen molar-refractivity contribution in [1.82, 2.24) is 0 Å². The van der Waals surface area contributed by atoms with Crippen molar-refractivity contribution in [1.29, 1.82) is 0 Å². The van der Waals surface area contributed by atoms with Crippen molar-refractivity contribution in [3.05, 3.63) is 82.9 Å². The number of hydrogen-bond donors (Lipinski definition) is 0. The number of non-ortho nitro benzene ring substituents is 1. The van der Waals surface area contributed by atoms with Gasteiger partial charge in [0.1, 0.15) is 0 Å². The summed E-state index contributed by atoms with van der Waals surface area (Å²) >= 11 is 0. The maximum Gasteiger partial charge on any atom is 0.723 e. The van der Waals surface area contributed by atoms with E-state index in [1.165, 1.54) is 0 Å². The molecule has 0 unspecified atom stereocenters. The Hall–Kier alpha value is -5.18. The summed E-state index contributed by atoms with van der Waals surface area (Å²) in [6, 6.07) is -0.0179. The third-order valence-electron chi connectivity index (χ3n) is 3.35. The highest BCUT2D eigenvalue weighted by Gasteiger charge is 2.74. The van der Waals surface area contributed by atoms with Gasteiger partial charge in [-0.15, -0.1) is 0 Å². The molecule has 0 heterocycles. The van der Waals surface area contributed by atoms with E-state index in [2.05, 4.69) is 0 Å². The fourth-order valence-electron chi connectivity index (χ4n) is 2.03. The van der Waals surface area contributed by atoms with Gasteiger partial charge in [-0.25, -0.2) is 10.1 Å². The van der Waals surface area contributed by atoms with Gasteiger partial charge in [0.15, 0.2) is 19.8 Å². The third-order valence-corrected chi connectivity index (χ3v) is 3.35. The Kier molecular flexibility index (Phi) is 5.96. The number of hydrogen-bond acceptors (Lipinski definition) is 14. The van der Waals surface area contributed by atoms with Crippen LogP contribution in [0.5, 0.6) is 0 Å². The summed E-state index contributed by atoms with van der Waals surface area (Å²) in [4.78, 5) is 66.4. The van der Waals surface area contributed by atoms with Gasteiger partial charge in [0.2, 0.25) is 0 Å². The highest BCUT2D eigenvalue weighted by molar-refractivity contribution is 5.77. The fourth-order valence-corrected chi connectivity index (χ4v) is 2.03. The highest BCUT2D eigenvalue weighted by atomic mass is 16.7. The number of nitro benzene ring substituents is 3. The molecule has 30 heavy (non-hydrogen) atoms. The molecule has 1 aromatic carbocycles. The number of hydrazine groups is 1. The molecule has 0 aliphatic heterocycles. The van der Waals surface area contributed by atoms with Crippen molar-refractivity contribution in [2.75, 3.05) is 11.6 Å². The quantitative estimate of drug-likeness (QED) is 0.262. The van der Waals surface area contributed by atoms with E-state index < -0.39 is 74.7 Å². The van der Waals surface area contributed by atoms with E-state index in [0.717, 1.165) is 0 Å². The zero-order valence-electron chi connectivity index (χ0n) is 13.7. The van der Waals surface area contributed by atoms with Crippen molar-refractivity contribution in [2.45, 2.75) is 5.79 Å². The van der Waals surface area contributed by atoms with E-state index in [9.17, 15) is 70.8 Å². The first-order chi connectivity index (χ1) is 13.7. The largest absolute Gasteiger partial charge is 0.723 e. The molecule has 0 atom stereocenters. The molecule has 1 aromatic rings. The predicted molar refractivity (Wildman–Crippen MR) is 84.5 cm³/mol. The van der Waals surface area contributed by atoms with Gasteiger partial charge < -0.3 is 0 Å². The number of benzene rings is 1. The molecule has 0 fully saturated rings. The summed E-state index contributed by atoms with van der Waals surface area (Å²) in [7, 11) is 0. The lowest BCUT2D eigenvalue weighted by atomic mass is 10.2. The van der Waals surface area contributed by atoms with Crippen molar-refractivity contribution in [2.24, 2.45) is 0 Å². The lowest BCUT2D eigenvalue weighted by molar-refractivity contribution is -0.967. The summed E-state index contributed by atoms with van der Waals surface area (Å²) in [5.41, 5.74) is -6.58. The van der Waals surface area contributed by atoms with E-state index in [1.807, 2.05) is 0 Å². The van der Waals surface area contributed by atoms with E-state index in [0.29, 0.717) is 0 Å². The van der Waals surface area contributed by atoms with Crippen molar-refractivity contribution in [3.8, 4) is 0 Å². The normalized spacial score (nSPS) is 10.7. The molecule has 0 aliphatic carbocycles. The Morgan fingerprint density at radius 1 is 0.667 bits per heavy atom. The van der Waals surface area contributed by atoms with Crippen LogP contribution in [0.4, 0.5) is 22.7 Å². The summed E-state index contributed by atoms with van der Waals surface area (Å²) < 4.78 is 0. The molecule has 0 aromatic heterocycles. The molecule has 0 aliphatic rings. The van der Waals surface area contributed by atoms with Gasteiger partial charge in [0.05, 0.1) is 26.9 Å². The number of nitrogens with zero attached hydrogens (tertiary/aromatic N) is 8. The van der Waals surface area contributed by atoms with Crippen LogP contribution >= 0.6 is 0 Å². The molecule has 22 heteroatoms. The minimum absolute atomic E-state index is 0.00894. The maximum atomic E-state index is 11.3. The monoisotopic (exact) mass is 436 g/mol. The molecule has 0 bridgehead atoms. The van der Waals surface area contributed by atoms with E-state index in [4.69, 9.17) is 0 Å². The van der Waals surface area contributed by atoms with Gasteiger partial charge in [-0.1, -0.05) is 5.01 Å². The van der Waals surface area contributed by atoms with Gasteiger partial charge in [-0.2, -0.15) is 0 Å². The Labute approximate surface area is 158 Å². The number of anilines is 1. The van der Waals surface area contributed by atoms with Crippen LogP contribution < -0.4 is 5.01 Å². The average Bonchev–Trinajstić information content (AvgIpc) is 2.60. The Balaban J connectivity index is 4.01. The molecule has 22 nitrogen and oxygen atoms in total. The molecule has 0 saturated heterocycles. The Bertz CT molecular complexity index is 933. The van der Waals surface area contributed by atoms with Crippen molar-refractivity contribution < 1.29 is 34.6 Å². The lowest BCUT2D eigenvalue weighted by Crippen LogP contribution is -2.61. The SMILES string of the molecule is O=[N+]([O-])c1cc([N+](=O)[O-])c(N(CC([N+](=O)[O-])([N+](=O)[O-])[N+](=O)[O-])[N+](=O)[O-])c([N+](=O)[O-])c1. The molecule has 1 rings (SSSR count). The second-order valence-electron chi connectivity index (χ2n) is 4.95. The maximum absolute atomic E-state index is 11.3. The van der Waals surface area contributed by atoms with Crippen LogP contribution in [-0.2, 0) is 0 Å². The van der Waals surface area contributed by atoms with Crippen LogP contribution in [0, 0.1) is 70.8 Å². The molecule has 0 amide bonds. The molecule has 160 valence electrons. The molecule has 0 N–H and O–H groups in total. The second kappa shape index (κ2) is 7.82. The zero-order valence-corrected chi connectivity index (χ0v) is 13.7. The first kappa shape index (κ1) is 22.9. The van der Waals surface area contributed by atoms with Gasteiger partial charge >= 0.3 is 23.7 Å². The molecular formula is C8H4N8O14. The smallest absolute Gasteiger partial charge is 0.258 e. The van der Waals surface area contributed by atoms with E-state index in [1.54, 1.807) is 0 Å². The Morgan fingerprint density at radius 3 is 1.27 bits per heavy atom. The topological polar surface area (TPSA) is 305 Å². The zero-order chi connectivity index (χ0) is 23.5. The standard InChI is InChI=1S/C8H4N8O14/c17-10(18)4-1-5(11(19)20)7(6(2-4)12(21)22)9(16(29)30)3-8(13(23)24,14(25)26)15(27)28/h1-2H,3H2. The molecule has 0 saturated carbocycles. The van der Waals surface area contributed by atoms with Crippen LogP contribution in [0.2, 0.25) is 0 Å². The van der Waals surface area contributed by atoms with Gasteiger partial charge in [0, 0.05) is 0 Å².